The number of carbonyl (C=O) groups is 1. The average Bonchev–Trinajstić information content (AvgIpc) is 3.10. The second kappa shape index (κ2) is 11.4. The number of aromatic nitrogens is 3. The summed E-state index contributed by atoms with van der Waals surface area (Å²) in [7, 11) is 6.18. The van der Waals surface area contributed by atoms with Gasteiger partial charge in [-0.05, 0) is 57.4 Å². The van der Waals surface area contributed by atoms with Gasteiger partial charge >= 0.3 is 0 Å². The number of methoxy groups -OCH3 is 1. The summed E-state index contributed by atoms with van der Waals surface area (Å²) >= 11 is 0. The number of hydrogen-bond donors (Lipinski definition) is 1. The molecule has 0 spiro atoms. The van der Waals surface area contributed by atoms with Crippen molar-refractivity contribution in [3.63, 3.8) is 0 Å². The molecule has 0 fully saturated rings. The lowest BCUT2D eigenvalue weighted by atomic mass is 9.82. The number of aryl methyl sites for hydroxylation is 2. The highest BCUT2D eigenvalue weighted by molar-refractivity contribution is 5.85. The van der Waals surface area contributed by atoms with Crippen LogP contribution in [-0.4, -0.2) is 52.5 Å². The molecule has 1 aliphatic heterocycles. The minimum Gasteiger partial charge on any atom is -0.374 e. The van der Waals surface area contributed by atoms with E-state index in [1.807, 2.05) is 38.5 Å². The smallest absolute Gasteiger partial charge is 0.136 e. The SMILES string of the molecule is CC(C)CC(N)C=O.COC(C)(CC1CN(C)Cc2c1n(C)c1cnc(C)cc21)c1cccnc1. The molecule has 3 aromatic heterocycles. The van der Waals surface area contributed by atoms with Gasteiger partial charge in [-0.25, -0.2) is 0 Å². The van der Waals surface area contributed by atoms with Crippen molar-refractivity contribution in [2.24, 2.45) is 18.7 Å². The molecule has 0 saturated heterocycles. The summed E-state index contributed by atoms with van der Waals surface area (Å²) in [6.45, 7) is 10.3. The maximum Gasteiger partial charge on any atom is 0.136 e. The van der Waals surface area contributed by atoms with Crippen LogP contribution >= 0.6 is 0 Å². The van der Waals surface area contributed by atoms with E-state index in [-0.39, 0.29) is 11.6 Å². The van der Waals surface area contributed by atoms with Gasteiger partial charge in [-0.3, -0.25) is 9.97 Å². The number of nitrogens with zero attached hydrogens (tertiary/aromatic N) is 4. The van der Waals surface area contributed by atoms with Crippen LogP contribution in [0.25, 0.3) is 10.9 Å². The lowest BCUT2D eigenvalue weighted by molar-refractivity contribution is -0.109. The Morgan fingerprint density at radius 1 is 1.31 bits per heavy atom. The second-order valence-corrected chi connectivity index (χ2v) is 10.5. The van der Waals surface area contributed by atoms with Gasteiger partial charge in [0.15, 0.2) is 0 Å². The molecule has 0 aliphatic carbocycles. The van der Waals surface area contributed by atoms with Crippen LogP contribution in [0.15, 0.2) is 36.8 Å². The van der Waals surface area contributed by atoms with E-state index in [2.05, 4.69) is 59.5 Å². The third kappa shape index (κ3) is 6.15. The first-order valence-corrected chi connectivity index (χ1v) is 12.4. The van der Waals surface area contributed by atoms with Crippen molar-refractivity contribution in [2.45, 2.75) is 64.6 Å². The first-order valence-electron chi connectivity index (χ1n) is 12.4. The van der Waals surface area contributed by atoms with Crippen LogP contribution in [0.3, 0.4) is 0 Å². The third-order valence-electron chi connectivity index (χ3n) is 7.00. The summed E-state index contributed by atoms with van der Waals surface area (Å²) < 4.78 is 8.37. The molecular formula is C28H41N5O2. The zero-order valence-corrected chi connectivity index (χ0v) is 22.3. The van der Waals surface area contributed by atoms with Crippen molar-refractivity contribution in [1.29, 1.82) is 0 Å². The van der Waals surface area contributed by atoms with Crippen LogP contribution in [0.1, 0.15) is 62.0 Å². The number of rotatable bonds is 7. The first-order chi connectivity index (χ1) is 16.6. The van der Waals surface area contributed by atoms with E-state index in [4.69, 9.17) is 10.5 Å². The zero-order valence-electron chi connectivity index (χ0n) is 22.3. The molecule has 0 saturated carbocycles. The fourth-order valence-electron chi connectivity index (χ4n) is 5.24. The van der Waals surface area contributed by atoms with Gasteiger partial charge in [-0.2, -0.15) is 0 Å². The topological polar surface area (TPSA) is 86.3 Å². The summed E-state index contributed by atoms with van der Waals surface area (Å²) in [5.74, 6) is 0.900. The van der Waals surface area contributed by atoms with Gasteiger partial charge in [0.25, 0.3) is 0 Å². The highest BCUT2D eigenvalue weighted by Gasteiger charge is 2.36. The Morgan fingerprint density at radius 3 is 2.63 bits per heavy atom. The minimum absolute atomic E-state index is 0.255. The van der Waals surface area contributed by atoms with E-state index in [1.54, 1.807) is 7.11 Å². The normalized spacial score (nSPS) is 18.5. The maximum atomic E-state index is 9.92. The Balaban J connectivity index is 0.000000371. The Morgan fingerprint density at radius 2 is 2.06 bits per heavy atom. The highest BCUT2D eigenvalue weighted by atomic mass is 16.5. The van der Waals surface area contributed by atoms with Crippen molar-refractivity contribution in [1.82, 2.24) is 19.4 Å². The van der Waals surface area contributed by atoms with Gasteiger partial charge in [0.1, 0.15) is 6.29 Å². The van der Waals surface area contributed by atoms with Crippen LogP contribution in [-0.2, 0) is 28.7 Å². The zero-order chi connectivity index (χ0) is 25.8. The van der Waals surface area contributed by atoms with Crippen molar-refractivity contribution in [3.8, 4) is 0 Å². The first kappa shape index (κ1) is 27.0. The second-order valence-electron chi connectivity index (χ2n) is 10.5. The van der Waals surface area contributed by atoms with Gasteiger partial charge < -0.3 is 24.7 Å². The largest absolute Gasteiger partial charge is 0.374 e. The Labute approximate surface area is 209 Å². The van der Waals surface area contributed by atoms with Crippen molar-refractivity contribution < 1.29 is 9.53 Å². The lowest BCUT2D eigenvalue weighted by Crippen LogP contribution is -2.36. The molecule has 3 unspecified atom stereocenters. The van der Waals surface area contributed by atoms with E-state index in [1.165, 1.54) is 22.2 Å². The van der Waals surface area contributed by atoms with Gasteiger partial charge in [-0.15, -0.1) is 0 Å². The molecule has 0 radical (unpaired) electrons. The summed E-state index contributed by atoms with van der Waals surface area (Å²) in [6, 6.07) is 6.06. The van der Waals surface area contributed by atoms with Crippen LogP contribution in [0, 0.1) is 12.8 Å². The summed E-state index contributed by atoms with van der Waals surface area (Å²) in [4.78, 5) is 21.2. The molecule has 190 valence electrons. The monoisotopic (exact) mass is 479 g/mol. The molecule has 3 aromatic rings. The van der Waals surface area contributed by atoms with Crippen LogP contribution in [0.4, 0.5) is 0 Å². The molecule has 0 amide bonds. The fraction of sp³-hybridized carbons (Fsp3) is 0.536. The summed E-state index contributed by atoms with van der Waals surface area (Å²) in [5, 5.41) is 1.33. The van der Waals surface area contributed by atoms with E-state index >= 15 is 0 Å². The molecule has 4 rings (SSSR count). The lowest BCUT2D eigenvalue weighted by Gasteiger charge is -2.37. The molecule has 35 heavy (non-hydrogen) atoms. The van der Waals surface area contributed by atoms with E-state index in [9.17, 15) is 4.79 Å². The quantitative estimate of drug-likeness (QED) is 0.508. The van der Waals surface area contributed by atoms with Crippen molar-refractivity contribution in [2.75, 3.05) is 20.7 Å². The number of aldehydes is 1. The van der Waals surface area contributed by atoms with Crippen molar-refractivity contribution >= 4 is 17.2 Å². The molecule has 0 aromatic carbocycles. The molecule has 3 atom stereocenters. The van der Waals surface area contributed by atoms with Gasteiger partial charge in [0, 0.05) is 67.9 Å². The van der Waals surface area contributed by atoms with Crippen LogP contribution in [0.2, 0.25) is 0 Å². The molecular weight excluding hydrogens is 438 g/mol. The molecule has 7 heteroatoms. The number of ether oxygens (including phenoxy) is 1. The Hall–Kier alpha value is -2.61. The third-order valence-corrected chi connectivity index (χ3v) is 7.00. The number of nitrogens with two attached hydrogens (primary N) is 1. The molecule has 2 N–H and O–H groups in total. The average molecular weight is 480 g/mol. The molecule has 4 heterocycles. The number of carbonyl (C=O) groups excluding carboxylic acids is 1. The fourth-order valence-corrected chi connectivity index (χ4v) is 5.24. The highest BCUT2D eigenvalue weighted by Crippen LogP contribution is 2.42. The number of hydrogen-bond acceptors (Lipinski definition) is 6. The Kier molecular flexibility index (Phi) is 8.80. The van der Waals surface area contributed by atoms with Crippen molar-refractivity contribution in [3.05, 3.63) is 59.3 Å². The van der Waals surface area contributed by atoms with Crippen LogP contribution in [0.5, 0.6) is 0 Å². The standard InChI is InChI=1S/C22H28N4O.C6H13NO/c1-15-9-18-19-14-25(3)13-16(21(19)26(4)20(18)12-24-15)10-22(2,27-5)17-7-6-8-23-11-17;1-5(2)3-6(7)4-8/h6-9,11-12,16H,10,13-14H2,1-5H3;4-6H,3,7H2,1-2H3. The molecule has 7 nitrogen and oxygen atoms in total. The maximum absolute atomic E-state index is 9.92. The van der Waals surface area contributed by atoms with Gasteiger partial charge in [0.2, 0.25) is 0 Å². The molecule has 0 bridgehead atoms. The summed E-state index contributed by atoms with van der Waals surface area (Å²) in [6.07, 6.45) is 8.24. The summed E-state index contributed by atoms with van der Waals surface area (Å²) in [5.41, 5.74) is 11.2. The Bertz CT molecular complexity index is 1130. The predicted molar refractivity (Wildman–Crippen MR) is 141 cm³/mol. The van der Waals surface area contributed by atoms with E-state index in [0.29, 0.717) is 11.8 Å². The van der Waals surface area contributed by atoms with E-state index in [0.717, 1.165) is 43.5 Å². The number of fused-ring (bicyclic) bond motifs is 3. The van der Waals surface area contributed by atoms with Gasteiger partial charge in [-0.1, -0.05) is 19.9 Å². The van der Waals surface area contributed by atoms with Gasteiger partial charge in [0.05, 0.1) is 23.4 Å². The number of pyridine rings is 2. The molecule has 1 aliphatic rings. The minimum atomic E-state index is -0.376. The number of likely N-dealkylation sites (N-methyl/N-ethyl adjacent to an activating group) is 1. The van der Waals surface area contributed by atoms with E-state index < -0.39 is 0 Å². The predicted octanol–water partition coefficient (Wildman–Crippen LogP) is 4.32. The van der Waals surface area contributed by atoms with Crippen LogP contribution < -0.4 is 5.73 Å².